The number of esters is 2. The van der Waals surface area contributed by atoms with Gasteiger partial charge in [0, 0.05) is 73.1 Å². The van der Waals surface area contributed by atoms with E-state index in [0.29, 0.717) is 63.0 Å². The molecule has 0 spiro atoms. The lowest BCUT2D eigenvalue weighted by Crippen LogP contribution is -2.58. The van der Waals surface area contributed by atoms with Crippen molar-refractivity contribution >= 4 is 112 Å². The summed E-state index contributed by atoms with van der Waals surface area (Å²) < 4.78 is 94.2. The van der Waals surface area contributed by atoms with E-state index < -0.39 is 127 Å². The molecule has 2 aliphatic carbocycles. The van der Waals surface area contributed by atoms with Crippen LogP contribution in [0.15, 0.2) is 92.6 Å². The number of alkyl carbamates (subject to hydrolysis) is 2. The second kappa shape index (κ2) is 32.6. The number of benzene rings is 2. The van der Waals surface area contributed by atoms with Gasteiger partial charge in [-0.25, -0.2) is 24.0 Å². The Balaban J connectivity index is 0.000000277. The molecule has 32 heteroatoms. The zero-order valence-corrected chi connectivity index (χ0v) is 58.0. The Bertz CT molecular complexity index is 3220. The summed E-state index contributed by atoms with van der Waals surface area (Å²) in [7, 11) is -5.75. The lowest BCUT2D eigenvalue weighted by molar-refractivity contribution is -0.148. The van der Waals surface area contributed by atoms with E-state index in [0.717, 1.165) is 4.47 Å². The Morgan fingerprint density at radius 1 is 0.652 bits per heavy atom. The van der Waals surface area contributed by atoms with Crippen molar-refractivity contribution in [1.82, 2.24) is 31.5 Å². The van der Waals surface area contributed by atoms with Crippen LogP contribution in [0.25, 0.3) is 0 Å². The lowest BCUT2D eigenvalue weighted by atomic mass is 9.90. The maximum Gasteiger partial charge on any atom is 0.408 e. The van der Waals surface area contributed by atoms with Crippen molar-refractivity contribution in [2.45, 2.75) is 161 Å². The molecule has 2 aromatic carbocycles. The monoisotopic (exact) mass is 1480 g/mol. The summed E-state index contributed by atoms with van der Waals surface area (Å²) in [5.74, 6) is -4.93. The van der Waals surface area contributed by atoms with Crippen molar-refractivity contribution in [2.75, 3.05) is 53.7 Å². The van der Waals surface area contributed by atoms with Gasteiger partial charge in [0.2, 0.25) is 17.7 Å². The van der Waals surface area contributed by atoms with Crippen LogP contribution in [0.1, 0.15) is 92.9 Å². The third kappa shape index (κ3) is 20.9. The molecule has 6 aliphatic rings. The van der Waals surface area contributed by atoms with Crippen LogP contribution in [-0.2, 0) is 85.8 Å². The number of methoxy groups -OCH3 is 2. The summed E-state index contributed by atoms with van der Waals surface area (Å²) in [6.07, 6.45) is 2.71. The Morgan fingerprint density at radius 3 is 1.45 bits per heavy atom. The molecule has 0 unspecified atom stereocenters. The number of amides is 5. The average molecular weight is 1480 g/mol. The van der Waals surface area contributed by atoms with E-state index in [1.807, 2.05) is 0 Å². The fourth-order valence-corrected chi connectivity index (χ4v) is 13.6. The van der Waals surface area contributed by atoms with Gasteiger partial charge < -0.3 is 65.0 Å². The van der Waals surface area contributed by atoms with Crippen LogP contribution in [0.4, 0.5) is 9.59 Å². The van der Waals surface area contributed by atoms with Crippen molar-refractivity contribution in [1.29, 1.82) is 0 Å². The molecule has 512 valence electrons. The number of nitrogens with zero attached hydrogens (tertiary/aromatic N) is 1. The van der Waals surface area contributed by atoms with Gasteiger partial charge in [-0.2, -0.15) is 16.8 Å². The summed E-state index contributed by atoms with van der Waals surface area (Å²) >= 11 is 6.52. The van der Waals surface area contributed by atoms with E-state index >= 15 is 0 Å². The standard InChI is InChI=1S/C30H40BrN3O10S.C18H21BrN2O6S.C12H21NO5.ClH/c1-6-19-16-30(19,27(37)41-5)33-25(35)23-15-21(44-45(39,40)22-9-7-20(31)8-10-22)17-34(23)26(36)24(18-11-13-42-14-12-18)32-28(38)43-29(2,3)4;1-3-11-9-18(11,17(23)26-2)21-16(22)15-8-13(10-20-15)27-28(24,25)14-6-4-12(19)5-7-14;1-12(2,3)18-11(16)13-9(10(14)15)8-4-6-17-7-5-8;/h6-10,18-19,21,23-24H,1,11-17H2,2-5H3,(H,32,38)(H,33,35);3-7,11,13,15,20H,1,8-10H2,2H3,(H,21,22);8-9H,4-7H2,1-3H3,(H,13,16)(H,14,15);1H/t19-,21+,23+,24+,30-;11-,13+,15+,18-;9-;/m110./s1. The molecule has 6 N–H and O–H groups in total. The Morgan fingerprint density at radius 2 is 1.05 bits per heavy atom. The maximum absolute atomic E-state index is 14.3. The third-order valence-electron chi connectivity index (χ3n) is 15.7. The minimum absolute atomic E-state index is 0. The number of likely N-dealkylation sites (tertiary alicyclic amines) is 1. The van der Waals surface area contributed by atoms with Gasteiger partial charge in [-0.05, 0) is 140 Å². The van der Waals surface area contributed by atoms with Crippen molar-refractivity contribution < 1.29 is 97.1 Å². The van der Waals surface area contributed by atoms with Crippen molar-refractivity contribution in [2.24, 2.45) is 23.7 Å². The summed E-state index contributed by atoms with van der Waals surface area (Å²) in [6, 6.07) is 8.03. The highest BCUT2D eigenvalue weighted by molar-refractivity contribution is 9.10. The van der Waals surface area contributed by atoms with Gasteiger partial charge in [0.15, 0.2) is 0 Å². The van der Waals surface area contributed by atoms with E-state index in [-0.39, 0.29) is 78.2 Å². The average Bonchev–Trinajstić information content (AvgIpc) is 1.59. The highest BCUT2D eigenvalue weighted by Crippen LogP contribution is 2.47. The first-order valence-electron chi connectivity index (χ1n) is 29.5. The van der Waals surface area contributed by atoms with E-state index in [2.05, 4.69) is 71.6 Å². The molecule has 92 heavy (non-hydrogen) atoms. The van der Waals surface area contributed by atoms with Gasteiger partial charge in [-0.1, -0.05) is 44.0 Å². The van der Waals surface area contributed by atoms with Gasteiger partial charge in [0.05, 0.1) is 42.3 Å². The summed E-state index contributed by atoms with van der Waals surface area (Å²) in [5, 5.41) is 22.7. The fraction of sp³-hybridized carbons (Fsp3) is 0.600. The highest BCUT2D eigenvalue weighted by atomic mass is 79.9. The third-order valence-corrected chi connectivity index (χ3v) is 19.5. The number of rotatable bonds is 20. The van der Waals surface area contributed by atoms with Crippen LogP contribution in [0.5, 0.6) is 0 Å². The molecule has 4 heterocycles. The minimum atomic E-state index is -4.28. The predicted octanol–water partition coefficient (Wildman–Crippen LogP) is 5.61. The molecule has 4 aliphatic heterocycles. The number of nitrogens with one attached hydrogen (secondary N) is 5. The largest absolute Gasteiger partial charge is 0.480 e. The number of hydrogen-bond acceptors (Lipinski definition) is 21. The van der Waals surface area contributed by atoms with E-state index in [4.69, 9.17) is 41.9 Å². The number of carboxylic acids is 1. The SMILES string of the molecule is C=C[C@@H]1C[C@]1(NC(=O)[C@@H]1C[C@H](OS(=O)(=O)c2ccc(Br)cc2)CN1)C(=O)OC.C=C[C@@H]1C[C@]1(NC(=O)[C@@H]1C[C@H](OS(=O)(=O)c2ccc(Br)cc2)CN1C(=O)[C@@H](NC(=O)OC(C)(C)C)C1CCOCC1)C(=O)OC.CC(C)(C)OC(=O)N[C@H](C(=O)O)C1CCOCC1.Cl. The highest BCUT2D eigenvalue weighted by Gasteiger charge is 2.63. The van der Waals surface area contributed by atoms with Crippen LogP contribution >= 0.6 is 44.3 Å². The van der Waals surface area contributed by atoms with E-state index in [1.165, 1.54) is 49.5 Å². The number of hydrogen-bond donors (Lipinski definition) is 6. The lowest BCUT2D eigenvalue weighted by Gasteiger charge is -2.35. The molecule has 2 saturated carbocycles. The smallest absolute Gasteiger partial charge is 0.408 e. The first kappa shape index (κ1) is 76.9. The molecule has 10 atom stereocenters. The number of carbonyl (C=O) groups excluding carboxylic acids is 7. The Hall–Kier alpha value is -5.77. The van der Waals surface area contributed by atoms with Gasteiger partial charge >= 0.3 is 30.1 Å². The van der Waals surface area contributed by atoms with Crippen molar-refractivity contribution in [3.05, 3.63) is 82.8 Å². The molecular formula is C60H83Br2ClN6O21S2. The number of carboxylic acid groups (broad SMARTS) is 1. The second-order valence-electron chi connectivity index (χ2n) is 24.7. The van der Waals surface area contributed by atoms with Crippen LogP contribution in [-0.4, -0.2) is 187 Å². The minimum Gasteiger partial charge on any atom is -0.480 e. The first-order chi connectivity index (χ1) is 42.6. The summed E-state index contributed by atoms with van der Waals surface area (Å²) in [6.45, 7) is 19.4. The first-order valence-corrected chi connectivity index (χ1v) is 33.9. The predicted molar refractivity (Wildman–Crippen MR) is 340 cm³/mol. The normalized spacial score (nSPS) is 25.3. The molecular weight excluding hydrogens is 1400 g/mol. The molecule has 27 nitrogen and oxygen atoms in total. The van der Waals surface area contributed by atoms with Crippen LogP contribution in [0.3, 0.4) is 0 Å². The molecule has 8 rings (SSSR count). The molecule has 0 bridgehead atoms. The topological polar surface area (TPSA) is 362 Å². The molecule has 6 fully saturated rings. The van der Waals surface area contributed by atoms with Gasteiger partial charge in [-0.15, -0.1) is 25.6 Å². The zero-order chi connectivity index (χ0) is 67.4. The maximum atomic E-state index is 14.3. The van der Waals surface area contributed by atoms with E-state index in [1.54, 1.807) is 71.9 Å². The number of halogens is 3. The Kier molecular flexibility index (Phi) is 27.2. The van der Waals surface area contributed by atoms with Gasteiger partial charge in [-0.3, -0.25) is 22.7 Å². The number of ether oxygens (including phenoxy) is 6. The van der Waals surface area contributed by atoms with E-state index in [9.17, 15) is 55.2 Å². The zero-order valence-electron chi connectivity index (χ0n) is 52.4. The number of carbonyl (C=O) groups is 8. The summed E-state index contributed by atoms with van der Waals surface area (Å²) in [5.41, 5.74) is -3.90. The van der Waals surface area contributed by atoms with Crippen molar-refractivity contribution in [3.8, 4) is 0 Å². The molecule has 0 radical (unpaired) electrons. The Labute approximate surface area is 559 Å². The molecule has 0 aromatic heterocycles. The van der Waals surface area contributed by atoms with Crippen molar-refractivity contribution in [3.63, 3.8) is 0 Å². The number of aliphatic carboxylic acids is 1. The second-order valence-corrected chi connectivity index (χ2v) is 29.6. The van der Waals surface area contributed by atoms with Crippen LogP contribution in [0.2, 0.25) is 0 Å². The summed E-state index contributed by atoms with van der Waals surface area (Å²) in [4.78, 5) is 102. The molecule has 4 saturated heterocycles. The molecule has 2 aromatic rings. The molecule has 5 amide bonds. The van der Waals surface area contributed by atoms with Crippen LogP contribution < -0.4 is 26.6 Å². The van der Waals surface area contributed by atoms with Crippen LogP contribution in [0, 0.1) is 23.7 Å². The van der Waals surface area contributed by atoms with Gasteiger partial charge in [0.25, 0.3) is 20.2 Å². The quantitative estimate of drug-likeness (QED) is 0.0406. The fourth-order valence-electron chi connectivity index (χ4n) is 10.9. The van der Waals surface area contributed by atoms with Gasteiger partial charge in [0.1, 0.15) is 40.4 Å².